The number of carbonyl (C=O) groups is 1. The maximum atomic E-state index is 13.9. The smallest absolute Gasteiger partial charge is 0.237 e. The Labute approximate surface area is 182 Å². The summed E-state index contributed by atoms with van der Waals surface area (Å²) >= 11 is 6.83. The summed E-state index contributed by atoms with van der Waals surface area (Å²) in [6.45, 7) is 5.77. The molecule has 1 amide bonds. The van der Waals surface area contributed by atoms with E-state index in [1.165, 1.54) is 16.8 Å². The maximum absolute atomic E-state index is 13.9. The van der Waals surface area contributed by atoms with E-state index in [9.17, 15) is 9.18 Å². The third kappa shape index (κ3) is 5.43. The molecule has 3 aromatic rings. The molecule has 30 heavy (non-hydrogen) atoms. The molecule has 0 aliphatic carbocycles. The molecule has 1 aromatic heterocycles. The number of nitrogens with two attached hydrogens (primary N) is 1. The zero-order valence-electron chi connectivity index (χ0n) is 16.6. The van der Waals surface area contributed by atoms with E-state index >= 15 is 0 Å². The lowest BCUT2D eigenvalue weighted by atomic mass is 10.1. The highest BCUT2D eigenvalue weighted by Gasteiger charge is 2.20. The second-order valence-corrected chi connectivity index (χ2v) is 8.50. The number of rotatable bonds is 7. The predicted octanol–water partition coefficient (Wildman–Crippen LogP) is 4.10. The summed E-state index contributed by atoms with van der Waals surface area (Å²) in [5, 5.41) is 10.6. The van der Waals surface area contributed by atoms with Crippen molar-refractivity contribution in [2.24, 2.45) is 0 Å². The highest BCUT2D eigenvalue weighted by Crippen LogP contribution is 2.24. The van der Waals surface area contributed by atoms with E-state index in [1.807, 2.05) is 26.0 Å². The highest BCUT2D eigenvalue weighted by molar-refractivity contribution is 8.00. The lowest BCUT2D eigenvalue weighted by molar-refractivity contribution is -0.115. The molecule has 0 saturated heterocycles. The highest BCUT2D eigenvalue weighted by atomic mass is 35.5. The van der Waals surface area contributed by atoms with Gasteiger partial charge in [0.1, 0.15) is 18.2 Å². The number of nitrogens with one attached hydrogen (secondary N) is 1. The largest absolute Gasteiger partial charge is 0.486 e. The van der Waals surface area contributed by atoms with Crippen LogP contribution in [0.15, 0.2) is 41.6 Å². The van der Waals surface area contributed by atoms with Crippen LogP contribution >= 0.6 is 23.4 Å². The molecule has 10 heteroatoms. The van der Waals surface area contributed by atoms with Crippen LogP contribution in [0, 0.1) is 19.7 Å². The first-order valence-electron chi connectivity index (χ1n) is 9.06. The number of anilines is 1. The van der Waals surface area contributed by atoms with Gasteiger partial charge in [-0.3, -0.25) is 4.79 Å². The monoisotopic (exact) mass is 449 g/mol. The summed E-state index contributed by atoms with van der Waals surface area (Å²) in [6.07, 6.45) is 0. The van der Waals surface area contributed by atoms with Crippen molar-refractivity contribution in [3.05, 3.63) is 64.2 Å². The number of thioether (sulfide) groups is 1. The van der Waals surface area contributed by atoms with Gasteiger partial charge in [-0.15, -0.1) is 10.2 Å². The van der Waals surface area contributed by atoms with Gasteiger partial charge >= 0.3 is 0 Å². The second-order valence-electron chi connectivity index (χ2n) is 6.75. The van der Waals surface area contributed by atoms with Gasteiger partial charge < -0.3 is 15.9 Å². The minimum absolute atomic E-state index is 0.0496. The van der Waals surface area contributed by atoms with Gasteiger partial charge in [-0.2, -0.15) is 0 Å². The molecule has 0 aliphatic heterocycles. The Hall–Kier alpha value is -2.78. The fraction of sp³-hybridized carbons (Fsp3) is 0.250. The van der Waals surface area contributed by atoms with Gasteiger partial charge in [0.2, 0.25) is 11.1 Å². The Bertz CT molecular complexity index is 1060. The van der Waals surface area contributed by atoms with E-state index in [2.05, 4.69) is 21.6 Å². The average molecular weight is 450 g/mol. The molecule has 0 aliphatic rings. The third-order valence-electron chi connectivity index (χ3n) is 4.14. The Morgan fingerprint density at radius 3 is 2.63 bits per heavy atom. The van der Waals surface area contributed by atoms with Crippen molar-refractivity contribution in [1.29, 1.82) is 0 Å². The lowest BCUT2D eigenvalue weighted by Gasteiger charge is -2.12. The number of nitrogen functional groups attached to an aromatic ring is 1. The normalized spacial score (nSPS) is 11.9. The summed E-state index contributed by atoms with van der Waals surface area (Å²) in [5.74, 6) is 6.16. The SMILES string of the molecule is Cc1cc(C)cc(OCc2nnc(SC(C)C(=O)Nc3ccc(Cl)cc3F)n2N)c1. The zero-order valence-corrected chi connectivity index (χ0v) is 18.2. The van der Waals surface area contributed by atoms with Crippen molar-refractivity contribution < 1.29 is 13.9 Å². The number of hydrogen-bond donors (Lipinski definition) is 2. The molecule has 7 nitrogen and oxygen atoms in total. The number of carbonyl (C=O) groups excluding carboxylic acids is 1. The topological polar surface area (TPSA) is 95.1 Å². The molecule has 0 bridgehead atoms. The van der Waals surface area contributed by atoms with Crippen LogP contribution in [0.4, 0.5) is 10.1 Å². The van der Waals surface area contributed by atoms with Crippen LogP contribution in [0.2, 0.25) is 5.02 Å². The van der Waals surface area contributed by atoms with Gasteiger partial charge in [-0.05, 0) is 62.2 Å². The number of amides is 1. The third-order valence-corrected chi connectivity index (χ3v) is 5.43. The van der Waals surface area contributed by atoms with Crippen LogP contribution in [-0.2, 0) is 11.4 Å². The molecule has 1 atom stereocenters. The van der Waals surface area contributed by atoms with Crippen LogP contribution in [-0.4, -0.2) is 26.0 Å². The standard InChI is InChI=1S/C20H21ClFN5O2S/c1-11-6-12(2)8-15(7-11)29-10-18-25-26-20(27(18)23)30-13(3)19(28)24-17-5-4-14(21)9-16(17)22/h4-9,13H,10,23H2,1-3H3,(H,24,28). The van der Waals surface area contributed by atoms with Gasteiger partial charge in [0.25, 0.3) is 0 Å². The molecule has 1 unspecified atom stereocenters. The Balaban J connectivity index is 1.61. The van der Waals surface area contributed by atoms with Crippen molar-refractivity contribution >= 4 is 35.0 Å². The van der Waals surface area contributed by atoms with Crippen molar-refractivity contribution in [3.8, 4) is 5.75 Å². The first kappa shape index (κ1) is 21.9. The summed E-state index contributed by atoms with van der Waals surface area (Å²) in [5.41, 5.74) is 2.23. The maximum Gasteiger partial charge on any atom is 0.237 e. The van der Waals surface area contributed by atoms with Gasteiger partial charge in [0.05, 0.1) is 10.9 Å². The van der Waals surface area contributed by atoms with E-state index in [-0.39, 0.29) is 17.3 Å². The Morgan fingerprint density at radius 1 is 1.27 bits per heavy atom. The van der Waals surface area contributed by atoms with Crippen LogP contribution in [0.5, 0.6) is 5.75 Å². The Kier molecular flexibility index (Phi) is 6.84. The van der Waals surface area contributed by atoms with E-state index in [1.54, 1.807) is 6.92 Å². The number of nitrogens with zero attached hydrogens (tertiary/aromatic N) is 3. The quantitative estimate of drug-likeness (QED) is 0.416. The molecular formula is C20H21ClFN5O2S. The second kappa shape index (κ2) is 9.36. The number of aromatic nitrogens is 3. The van der Waals surface area contributed by atoms with Crippen LogP contribution in [0.3, 0.4) is 0 Å². The average Bonchev–Trinajstić information content (AvgIpc) is 3.01. The number of halogens is 2. The summed E-state index contributed by atoms with van der Waals surface area (Å²) < 4.78 is 20.9. The van der Waals surface area contributed by atoms with E-state index in [0.717, 1.165) is 29.0 Å². The lowest BCUT2D eigenvalue weighted by Crippen LogP contribution is -2.24. The Morgan fingerprint density at radius 2 is 1.97 bits per heavy atom. The van der Waals surface area contributed by atoms with Gasteiger partial charge in [0, 0.05) is 5.02 Å². The summed E-state index contributed by atoms with van der Waals surface area (Å²) in [4.78, 5) is 12.4. The molecule has 0 fully saturated rings. The molecule has 0 radical (unpaired) electrons. The molecule has 3 rings (SSSR count). The number of benzene rings is 2. The predicted molar refractivity (Wildman–Crippen MR) is 116 cm³/mol. The van der Waals surface area contributed by atoms with Gasteiger partial charge in [-0.1, -0.05) is 29.4 Å². The van der Waals surface area contributed by atoms with E-state index in [4.69, 9.17) is 22.2 Å². The fourth-order valence-corrected chi connectivity index (χ4v) is 3.63. The first-order valence-corrected chi connectivity index (χ1v) is 10.3. The van der Waals surface area contributed by atoms with Gasteiger partial charge in [-0.25, -0.2) is 9.07 Å². The first-order chi connectivity index (χ1) is 14.2. The fourth-order valence-electron chi connectivity index (χ4n) is 2.69. The van der Waals surface area contributed by atoms with Crippen molar-refractivity contribution in [1.82, 2.24) is 14.9 Å². The molecule has 1 heterocycles. The number of ether oxygens (including phenoxy) is 1. The summed E-state index contributed by atoms with van der Waals surface area (Å²) in [7, 11) is 0. The van der Waals surface area contributed by atoms with Crippen LogP contribution < -0.4 is 15.9 Å². The zero-order chi connectivity index (χ0) is 21.8. The van der Waals surface area contributed by atoms with Gasteiger partial charge in [0.15, 0.2) is 5.82 Å². The molecule has 0 spiro atoms. The van der Waals surface area contributed by atoms with E-state index in [0.29, 0.717) is 16.7 Å². The van der Waals surface area contributed by atoms with Crippen molar-refractivity contribution in [2.45, 2.75) is 37.8 Å². The summed E-state index contributed by atoms with van der Waals surface area (Å²) in [6, 6.07) is 9.92. The van der Waals surface area contributed by atoms with E-state index < -0.39 is 17.0 Å². The minimum Gasteiger partial charge on any atom is -0.486 e. The van der Waals surface area contributed by atoms with Crippen LogP contribution in [0.25, 0.3) is 0 Å². The van der Waals surface area contributed by atoms with Crippen molar-refractivity contribution in [3.63, 3.8) is 0 Å². The molecule has 3 N–H and O–H groups in total. The molecule has 2 aromatic carbocycles. The number of hydrogen-bond acceptors (Lipinski definition) is 6. The molecular weight excluding hydrogens is 429 g/mol. The minimum atomic E-state index is -0.610. The molecule has 158 valence electrons. The van der Waals surface area contributed by atoms with Crippen molar-refractivity contribution in [2.75, 3.05) is 11.2 Å². The number of aryl methyl sites for hydroxylation is 2. The van der Waals surface area contributed by atoms with Crippen LogP contribution in [0.1, 0.15) is 23.9 Å². The molecule has 0 saturated carbocycles.